The van der Waals surface area contributed by atoms with Crippen molar-refractivity contribution < 1.29 is 9.90 Å². The number of aryl methyl sites for hydroxylation is 1. The van der Waals surface area contributed by atoms with Crippen molar-refractivity contribution in [2.45, 2.75) is 90.4 Å². The van der Waals surface area contributed by atoms with Gasteiger partial charge in [-0.15, -0.1) is 11.3 Å². The van der Waals surface area contributed by atoms with E-state index in [0.717, 1.165) is 11.3 Å². The monoisotopic (exact) mass is 424 g/mol. The molecule has 0 aliphatic heterocycles. The van der Waals surface area contributed by atoms with Gasteiger partial charge in [0.1, 0.15) is 4.88 Å². The van der Waals surface area contributed by atoms with Crippen LogP contribution in [0.15, 0.2) is 24.3 Å². The maximum atomic E-state index is 11.2. The van der Waals surface area contributed by atoms with Gasteiger partial charge >= 0.3 is 5.97 Å². The molecule has 3 rings (SSSR count). The fourth-order valence-corrected chi connectivity index (χ4v) is 5.27. The predicted octanol–water partition coefficient (Wildman–Crippen LogP) is 8.09. The minimum atomic E-state index is -0.853. The summed E-state index contributed by atoms with van der Waals surface area (Å²) < 4.78 is 0. The summed E-state index contributed by atoms with van der Waals surface area (Å²) in [4.78, 5) is 12.6. The molecule has 1 heterocycles. The minimum Gasteiger partial charge on any atom is -0.477 e. The summed E-state index contributed by atoms with van der Waals surface area (Å²) in [6, 6.07) is 8.50. The molecule has 0 bridgehead atoms. The van der Waals surface area contributed by atoms with Gasteiger partial charge < -0.3 is 5.11 Å². The van der Waals surface area contributed by atoms with E-state index in [1.807, 2.05) is 6.07 Å². The second-order valence-corrected chi connectivity index (χ2v) is 11.1. The number of thiophene rings is 1. The van der Waals surface area contributed by atoms with E-state index in [1.165, 1.54) is 72.1 Å². The van der Waals surface area contributed by atoms with Crippen molar-refractivity contribution in [1.82, 2.24) is 0 Å². The summed E-state index contributed by atoms with van der Waals surface area (Å²) in [6.45, 7) is 11.8. The Bertz CT molecular complexity index is 930. The highest BCUT2D eigenvalue weighted by molar-refractivity contribution is 7.14. The highest BCUT2D eigenvalue weighted by Gasteiger charge is 2.37. The van der Waals surface area contributed by atoms with Crippen LogP contribution < -0.4 is 0 Å². The second-order valence-electron chi connectivity index (χ2n) is 10.0. The van der Waals surface area contributed by atoms with Crippen molar-refractivity contribution in [1.29, 1.82) is 0 Å². The first kappa shape index (κ1) is 22.8. The first-order valence-corrected chi connectivity index (χ1v) is 12.1. The number of carbonyl (C=O) groups is 1. The number of aromatic carboxylic acids is 1. The average molecular weight is 425 g/mol. The number of benzene rings is 1. The van der Waals surface area contributed by atoms with Crippen LogP contribution in [0, 0.1) is 0 Å². The van der Waals surface area contributed by atoms with Crippen molar-refractivity contribution in [2.24, 2.45) is 0 Å². The molecule has 0 amide bonds. The highest BCUT2D eigenvalue weighted by atomic mass is 32.1. The van der Waals surface area contributed by atoms with Crippen molar-refractivity contribution in [3.63, 3.8) is 0 Å². The van der Waals surface area contributed by atoms with Crippen molar-refractivity contribution in [3.8, 4) is 0 Å². The SMILES string of the molecule is CCCCCCc1cc2c(cc1/C=C/c1ccc(C(=O)O)s1)C(C)(C)CCC2(C)C. The van der Waals surface area contributed by atoms with Crippen LogP contribution in [0.3, 0.4) is 0 Å². The normalized spacial score (nSPS) is 17.2. The quantitative estimate of drug-likeness (QED) is 0.435. The second kappa shape index (κ2) is 9.09. The third-order valence-electron chi connectivity index (χ3n) is 6.68. The predicted molar refractivity (Wildman–Crippen MR) is 130 cm³/mol. The summed E-state index contributed by atoms with van der Waals surface area (Å²) in [5.41, 5.74) is 6.13. The zero-order valence-electron chi connectivity index (χ0n) is 19.2. The van der Waals surface area contributed by atoms with Crippen LogP contribution >= 0.6 is 11.3 Å². The summed E-state index contributed by atoms with van der Waals surface area (Å²) in [5.74, 6) is -0.853. The van der Waals surface area contributed by atoms with Crippen LogP contribution in [0.25, 0.3) is 12.2 Å². The van der Waals surface area contributed by atoms with E-state index in [2.05, 4.69) is 58.9 Å². The average Bonchev–Trinajstić information content (AvgIpc) is 3.17. The molecule has 2 nitrogen and oxygen atoms in total. The third kappa shape index (κ3) is 5.06. The molecule has 0 spiro atoms. The molecule has 1 N–H and O–H groups in total. The Morgan fingerprint density at radius 3 is 2.27 bits per heavy atom. The molecule has 0 atom stereocenters. The number of unbranched alkanes of at least 4 members (excludes halogenated alkanes) is 3. The lowest BCUT2D eigenvalue weighted by molar-refractivity contribution is 0.0702. The minimum absolute atomic E-state index is 0.188. The zero-order chi connectivity index (χ0) is 21.9. The molecule has 1 aliphatic carbocycles. The van der Waals surface area contributed by atoms with E-state index < -0.39 is 5.97 Å². The molecule has 30 heavy (non-hydrogen) atoms. The Morgan fingerprint density at radius 2 is 1.67 bits per heavy atom. The lowest BCUT2D eigenvalue weighted by Gasteiger charge is -2.42. The van der Waals surface area contributed by atoms with Gasteiger partial charge in [0.15, 0.2) is 0 Å². The maximum Gasteiger partial charge on any atom is 0.345 e. The van der Waals surface area contributed by atoms with E-state index in [9.17, 15) is 9.90 Å². The molecule has 162 valence electrons. The summed E-state index contributed by atoms with van der Waals surface area (Å²) in [5, 5.41) is 9.19. The third-order valence-corrected chi connectivity index (χ3v) is 7.72. The summed E-state index contributed by atoms with van der Waals surface area (Å²) in [7, 11) is 0. The summed E-state index contributed by atoms with van der Waals surface area (Å²) >= 11 is 1.33. The number of hydrogen-bond acceptors (Lipinski definition) is 2. The molecule has 0 saturated heterocycles. The van der Waals surface area contributed by atoms with Gasteiger partial charge in [0.05, 0.1) is 0 Å². The van der Waals surface area contributed by atoms with Gasteiger partial charge in [0, 0.05) is 4.88 Å². The Balaban J connectivity index is 2.00. The van der Waals surface area contributed by atoms with Crippen LogP contribution in [-0.4, -0.2) is 11.1 Å². The standard InChI is InChI=1S/C27H36O2S/c1-6-7-8-9-10-19-17-22-23(27(4,5)16-15-26(22,2)3)18-20(19)11-12-21-13-14-24(30-21)25(28)29/h11-14,17-18H,6-10,15-16H2,1-5H3,(H,28,29)/b12-11+. The van der Waals surface area contributed by atoms with E-state index in [4.69, 9.17) is 0 Å². The van der Waals surface area contributed by atoms with Gasteiger partial charge in [-0.2, -0.15) is 0 Å². The van der Waals surface area contributed by atoms with Gasteiger partial charge in [0.2, 0.25) is 0 Å². The van der Waals surface area contributed by atoms with E-state index >= 15 is 0 Å². The van der Waals surface area contributed by atoms with Gasteiger partial charge in [-0.3, -0.25) is 0 Å². The van der Waals surface area contributed by atoms with E-state index in [1.54, 1.807) is 6.07 Å². The maximum absolute atomic E-state index is 11.2. The van der Waals surface area contributed by atoms with Gasteiger partial charge in [-0.1, -0.05) is 72.1 Å². The van der Waals surface area contributed by atoms with Gasteiger partial charge in [-0.25, -0.2) is 4.79 Å². The van der Waals surface area contributed by atoms with Crippen LogP contribution in [0.4, 0.5) is 0 Å². The number of hydrogen-bond donors (Lipinski definition) is 1. The number of fused-ring (bicyclic) bond motifs is 1. The Morgan fingerprint density at radius 1 is 1.00 bits per heavy atom. The molecule has 0 saturated carbocycles. The van der Waals surface area contributed by atoms with E-state index in [0.29, 0.717) is 4.88 Å². The van der Waals surface area contributed by atoms with Crippen LogP contribution in [0.2, 0.25) is 0 Å². The van der Waals surface area contributed by atoms with Crippen molar-refractivity contribution >= 4 is 29.5 Å². The first-order valence-electron chi connectivity index (χ1n) is 11.3. The molecule has 1 aromatic carbocycles. The van der Waals surface area contributed by atoms with Gasteiger partial charge in [0.25, 0.3) is 0 Å². The lowest BCUT2D eigenvalue weighted by atomic mass is 9.62. The fourth-order valence-electron chi connectivity index (χ4n) is 4.52. The smallest absolute Gasteiger partial charge is 0.345 e. The number of rotatable bonds is 8. The molecular weight excluding hydrogens is 388 g/mol. The molecule has 3 heteroatoms. The number of carboxylic acid groups (broad SMARTS) is 1. The van der Waals surface area contributed by atoms with Crippen molar-refractivity contribution in [2.75, 3.05) is 0 Å². The molecule has 2 aromatic rings. The first-order chi connectivity index (χ1) is 14.1. The highest BCUT2D eigenvalue weighted by Crippen LogP contribution is 2.47. The largest absolute Gasteiger partial charge is 0.477 e. The van der Waals surface area contributed by atoms with Gasteiger partial charge in [-0.05, 0) is 77.0 Å². The molecular formula is C27H36O2S. The summed E-state index contributed by atoms with van der Waals surface area (Å²) in [6.07, 6.45) is 12.9. The molecule has 0 radical (unpaired) electrons. The molecule has 0 unspecified atom stereocenters. The number of carboxylic acids is 1. The van der Waals surface area contributed by atoms with E-state index in [-0.39, 0.29) is 10.8 Å². The molecule has 1 aliphatic rings. The van der Waals surface area contributed by atoms with Crippen LogP contribution in [0.1, 0.15) is 110 Å². The molecule has 1 aromatic heterocycles. The Hall–Kier alpha value is -1.87. The Kier molecular flexibility index (Phi) is 6.91. The molecule has 0 fully saturated rings. The zero-order valence-corrected chi connectivity index (χ0v) is 20.0. The van der Waals surface area contributed by atoms with Crippen LogP contribution in [0.5, 0.6) is 0 Å². The Labute approximate surface area is 186 Å². The topological polar surface area (TPSA) is 37.3 Å². The lowest BCUT2D eigenvalue weighted by Crippen LogP contribution is -2.34. The van der Waals surface area contributed by atoms with Crippen molar-refractivity contribution in [3.05, 3.63) is 56.3 Å². The van der Waals surface area contributed by atoms with Crippen LogP contribution in [-0.2, 0) is 17.3 Å². The fraction of sp³-hybridized carbons (Fsp3) is 0.519.